The number of nitrogens with one attached hydrogen (secondary N) is 2. The van der Waals surface area contributed by atoms with E-state index in [1.54, 1.807) is 11.9 Å². The first-order valence-electron chi connectivity index (χ1n) is 8.43. The van der Waals surface area contributed by atoms with Gasteiger partial charge in [-0.25, -0.2) is 18.2 Å². The molecule has 0 unspecified atom stereocenters. The lowest BCUT2D eigenvalue weighted by Crippen LogP contribution is -2.46. The Morgan fingerprint density at radius 3 is 2.68 bits per heavy atom. The van der Waals surface area contributed by atoms with Crippen LogP contribution in [0.1, 0.15) is 29.8 Å². The Hall–Kier alpha value is -2.09. The van der Waals surface area contributed by atoms with Crippen molar-refractivity contribution in [2.24, 2.45) is 0 Å². The molecule has 1 aliphatic rings. The van der Waals surface area contributed by atoms with Crippen LogP contribution in [-0.2, 0) is 16.4 Å². The van der Waals surface area contributed by atoms with Gasteiger partial charge in [0.15, 0.2) is 0 Å². The van der Waals surface area contributed by atoms with Crippen molar-refractivity contribution in [2.75, 3.05) is 18.6 Å². The summed E-state index contributed by atoms with van der Waals surface area (Å²) in [5, 5.41) is 2.86. The molecule has 0 radical (unpaired) electrons. The van der Waals surface area contributed by atoms with Gasteiger partial charge in [-0.2, -0.15) is 0 Å². The zero-order chi connectivity index (χ0) is 18.2. The maximum atomic E-state index is 12.3. The van der Waals surface area contributed by atoms with E-state index >= 15 is 0 Å². The van der Waals surface area contributed by atoms with E-state index in [2.05, 4.69) is 15.3 Å². The largest absolute Gasteiger partial charge is 0.340 e. The number of hydrogen-bond acceptors (Lipinski definition) is 4. The van der Waals surface area contributed by atoms with E-state index in [1.807, 2.05) is 26.0 Å². The van der Waals surface area contributed by atoms with Crippen molar-refractivity contribution in [1.29, 1.82) is 0 Å². The Morgan fingerprint density at radius 1 is 1.32 bits per heavy atom. The number of imidazole rings is 1. The van der Waals surface area contributed by atoms with Crippen LogP contribution in [0, 0.1) is 13.8 Å². The Labute approximate surface area is 147 Å². The zero-order valence-electron chi connectivity index (χ0n) is 14.8. The lowest BCUT2D eigenvalue weighted by atomic mass is 10.1. The fourth-order valence-electron chi connectivity index (χ4n) is 3.16. The van der Waals surface area contributed by atoms with Crippen LogP contribution in [0.25, 0.3) is 11.0 Å². The normalized spacial score (nSPS) is 17.6. The van der Waals surface area contributed by atoms with E-state index in [-0.39, 0.29) is 23.6 Å². The van der Waals surface area contributed by atoms with Crippen LogP contribution in [0.4, 0.5) is 4.79 Å². The van der Waals surface area contributed by atoms with Crippen LogP contribution in [0.5, 0.6) is 0 Å². The summed E-state index contributed by atoms with van der Waals surface area (Å²) in [5.74, 6) is 1.01. The smallest absolute Gasteiger partial charge is 0.317 e. The van der Waals surface area contributed by atoms with Crippen molar-refractivity contribution in [2.45, 2.75) is 39.3 Å². The van der Waals surface area contributed by atoms with E-state index < -0.39 is 9.84 Å². The molecule has 1 fully saturated rings. The van der Waals surface area contributed by atoms with Crippen molar-refractivity contribution >= 4 is 26.9 Å². The minimum atomic E-state index is -2.93. The van der Waals surface area contributed by atoms with Gasteiger partial charge in [-0.1, -0.05) is 6.07 Å². The van der Waals surface area contributed by atoms with Crippen LogP contribution in [0.2, 0.25) is 0 Å². The molecule has 3 rings (SSSR count). The highest BCUT2D eigenvalue weighted by molar-refractivity contribution is 7.91. The summed E-state index contributed by atoms with van der Waals surface area (Å²) in [4.78, 5) is 21.7. The molecular formula is C17H24N4O3S. The Balaban J connectivity index is 1.61. The molecule has 0 saturated carbocycles. The minimum absolute atomic E-state index is 0.0379. The summed E-state index contributed by atoms with van der Waals surface area (Å²) in [7, 11) is -1.21. The van der Waals surface area contributed by atoms with Gasteiger partial charge in [0, 0.05) is 13.1 Å². The van der Waals surface area contributed by atoms with Crippen molar-refractivity contribution in [1.82, 2.24) is 20.2 Å². The quantitative estimate of drug-likeness (QED) is 0.869. The van der Waals surface area contributed by atoms with E-state index in [0.29, 0.717) is 25.2 Å². The highest BCUT2D eigenvalue weighted by Gasteiger charge is 2.28. The standard InChI is InChI=1S/C17H24N4O3S/c1-11-4-5-14-16(12(11)2)20-15(19-14)10-18-17(22)21(3)13-6-8-25(23,24)9-7-13/h4-5,13H,6-10H2,1-3H3,(H,18,22)(H,19,20). The molecule has 0 spiro atoms. The average molecular weight is 364 g/mol. The van der Waals surface area contributed by atoms with Gasteiger partial charge in [-0.15, -0.1) is 0 Å². The Bertz CT molecular complexity index is 890. The van der Waals surface area contributed by atoms with Crippen LogP contribution < -0.4 is 5.32 Å². The van der Waals surface area contributed by atoms with Crippen molar-refractivity contribution < 1.29 is 13.2 Å². The van der Waals surface area contributed by atoms with E-state index in [4.69, 9.17) is 0 Å². The van der Waals surface area contributed by atoms with Gasteiger partial charge in [0.05, 0.1) is 29.1 Å². The van der Waals surface area contributed by atoms with Gasteiger partial charge in [0.25, 0.3) is 0 Å². The third kappa shape index (κ3) is 3.78. The molecule has 136 valence electrons. The summed E-state index contributed by atoms with van der Waals surface area (Å²) < 4.78 is 23.0. The highest BCUT2D eigenvalue weighted by atomic mass is 32.2. The molecule has 7 nitrogen and oxygen atoms in total. The summed E-state index contributed by atoms with van der Waals surface area (Å²) in [5.41, 5.74) is 4.20. The maximum absolute atomic E-state index is 12.3. The third-order valence-corrected chi connectivity index (χ3v) is 6.74. The van der Waals surface area contributed by atoms with Crippen LogP contribution in [-0.4, -0.2) is 53.9 Å². The second kappa shape index (κ2) is 6.67. The molecule has 1 aliphatic heterocycles. The number of aryl methyl sites for hydroxylation is 2. The predicted molar refractivity (Wildman–Crippen MR) is 97.2 cm³/mol. The number of aromatic amines is 1. The average Bonchev–Trinajstić information content (AvgIpc) is 2.99. The number of carbonyl (C=O) groups is 1. The number of hydrogen-bond donors (Lipinski definition) is 2. The number of benzene rings is 1. The predicted octanol–water partition coefficient (Wildman–Crippen LogP) is 1.90. The monoisotopic (exact) mass is 364 g/mol. The minimum Gasteiger partial charge on any atom is -0.340 e. The first-order valence-corrected chi connectivity index (χ1v) is 10.2. The Morgan fingerprint density at radius 2 is 2.00 bits per heavy atom. The topological polar surface area (TPSA) is 95.2 Å². The van der Waals surface area contributed by atoms with E-state index in [9.17, 15) is 13.2 Å². The SMILES string of the molecule is Cc1ccc2[nH]c(CNC(=O)N(C)C3CCS(=O)(=O)CC3)nc2c1C. The molecule has 2 N–H and O–H groups in total. The summed E-state index contributed by atoms with van der Waals surface area (Å²) >= 11 is 0. The van der Waals surface area contributed by atoms with Gasteiger partial charge < -0.3 is 15.2 Å². The molecule has 0 bridgehead atoms. The number of aromatic nitrogens is 2. The second-order valence-electron chi connectivity index (χ2n) is 6.74. The van der Waals surface area contributed by atoms with Gasteiger partial charge in [-0.3, -0.25) is 0 Å². The number of fused-ring (bicyclic) bond motifs is 1. The molecule has 1 aromatic carbocycles. The first kappa shape index (κ1) is 17.7. The fraction of sp³-hybridized carbons (Fsp3) is 0.529. The Kier molecular flexibility index (Phi) is 4.73. The highest BCUT2D eigenvalue weighted by Crippen LogP contribution is 2.20. The molecule has 1 aromatic heterocycles. The van der Waals surface area contributed by atoms with Crippen LogP contribution >= 0.6 is 0 Å². The first-order chi connectivity index (χ1) is 11.8. The summed E-state index contributed by atoms with van der Waals surface area (Å²) in [6.07, 6.45) is 0.991. The van der Waals surface area contributed by atoms with Gasteiger partial charge >= 0.3 is 6.03 Å². The van der Waals surface area contributed by atoms with Crippen molar-refractivity contribution in [3.05, 3.63) is 29.1 Å². The maximum Gasteiger partial charge on any atom is 0.317 e. The molecule has 1 saturated heterocycles. The molecule has 8 heteroatoms. The lowest BCUT2D eigenvalue weighted by molar-refractivity contribution is 0.185. The number of nitrogens with zero attached hydrogens (tertiary/aromatic N) is 2. The van der Waals surface area contributed by atoms with Gasteiger partial charge in [0.1, 0.15) is 15.7 Å². The molecule has 0 atom stereocenters. The van der Waals surface area contributed by atoms with Crippen molar-refractivity contribution in [3.63, 3.8) is 0 Å². The molecule has 25 heavy (non-hydrogen) atoms. The lowest BCUT2D eigenvalue weighted by Gasteiger charge is -2.31. The molecule has 2 aromatic rings. The number of amides is 2. The molecular weight excluding hydrogens is 340 g/mol. The summed E-state index contributed by atoms with van der Waals surface area (Å²) in [6, 6.07) is 3.79. The van der Waals surface area contributed by atoms with Gasteiger partial charge in [0.2, 0.25) is 0 Å². The number of sulfone groups is 1. The fourth-order valence-corrected chi connectivity index (χ4v) is 4.63. The number of rotatable bonds is 3. The van der Waals surface area contributed by atoms with Crippen LogP contribution in [0.3, 0.4) is 0 Å². The molecule has 0 aliphatic carbocycles. The van der Waals surface area contributed by atoms with Gasteiger partial charge in [-0.05, 0) is 43.9 Å². The van der Waals surface area contributed by atoms with E-state index in [0.717, 1.165) is 16.6 Å². The third-order valence-electron chi connectivity index (χ3n) is 5.03. The number of urea groups is 1. The van der Waals surface area contributed by atoms with Crippen LogP contribution in [0.15, 0.2) is 12.1 Å². The van der Waals surface area contributed by atoms with Crippen molar-refractivity contribution in [3.8, 4) is 0 Å². The van der Waals surface area contributed by atoms with E-state index in [1.165, 1.54) is 5.56 Å². The molecule has 2 heterocycles. The molecule has 2 amide bonds. The second-order valence-corrected chi connectivity index (χ2v) is 9.04. The number of H-pyrrole nitrogens is 1. The zero-order valence-corrected chi connectivity index (χ0v) is 15.6. The number of carbonyl (C=O) groups excluding carboxylic acids is 1. The summed E-state index contributed by atoms with van der Waals surface area (Å²) in [6.45, 7) is 4.39.